The topological polar surface area (TPSA) is 48.7 Å². The van der Waals surface area contributed by atoms with Crippen molar-refractivity contribution in [2.45, 2.75) is 25.4 Å². The van der Waals surface area contributed by atoms with E-state index in [1.165, 1.54) is 22.3 Å². The normalized spacial score (nSPS) is 13.8. The molecule has 3 rings (SSSR count). The second-order valence-electron chi connectivity index (χ2n) is 4.74. The van der Waals surface area contributed by atoms with E-state index in [9.17, 15) is 13.2 Å². The zero-order valence-electron chi connectivity index (χ0n) is 10.8. The Balaban J connectivity index is 1.90. The molecule has 0 amide bonds. The van der Waals surface area contributed by atoms with E-state index in [1.54, 1.807) is 6.07 Å². The maximum Gasteiger partial charge on any atom is 0.416 e. The molecular formula is C14H10F3N3S. The molecular weight excluding hydrogens is 299 g/mol. The van der Waals surface area contributed by atoms with Gasteiger partial charge in [0.1, 0.15) is 6.07 Å². The molecule has 21 heavy (non-hydrogen) atoms. The maximum absolute atomic E-state index is 12.6. The van der Waals surface area contributed by atoms with Crippen molar-refractivity contribution in [3.63, 3.8) is 0 Å². The first-order valence-electron chi connectivity index (χ1n) is 6.34. The first-order valence-corrected chi connectivity index (χ1v) is 7.16. The Kier molecular flexibility index (Phi) is 3.33. The van der Waals surface area contributed by atoms with E-state index in [2.05, 4.69) is 10.3 Å². The number of nitrogens with one attached hydrogen (secondary N) is 1. The van der Waals surface area contributed by atoms with Gasteiger partial charge in [-0.05, 0) is 37.5 Å². The van der Waals surface area contributed by atoms with Crippen LogP contribution in [-0.4, -0.2) is 4.98 Å². The van der Waals surface area contributed by atoms with Gasteiger partial charge in [0.2, 0.25) is 0 Å². The summed E-state index contributed by atoms with van der Waals surface area (Å²) in [6, 6.07) is 4.88. The lowest BCUT2D eigenvalue weighted by molar-refractivity contribution is -0.137. The number of rotatable bonds is 2. The third-order valence-electron chi connectivity index (χ3n) is 3.30. The number of fused-ring (bicyclic) bond motifs is 1. The van der Waals surface area contributed by atoms with Crippen molar-refractivity contribution < 1.29 is 13.2 Å². The van der Waals surface area contributed by atoms with Gasteiger partial charge < -0.3 is 5.32 Å². The maximum atomic E-state index is 12.6. The van der Waals surface area contributed by atoms with Crippen LogP contribution in [0.15, 0.2) is 18.2 Å². The predicted octanol–water partition coefficient (Wildman–Crippen LogP) is 4.27. The average molecular weight is 309 g/mol. The summed E-state index contributed by atoms with van der Waals surface area (Å²) < 4.78 is 37.9. The summed E-state index contributed by atoms with van der Waals surface area (Å²) >= 11 is 1.49. The second kappa shape index (κ2) is 5.04. The van der Waals surface area contributed by atoms with Gasteiger partial charge in [0.25, 0.3) is 0 Å². The summed E-state index contributed by atoms with van der Waals surface area (Å²) in [7, 11) is 0. The van der Waals surface area contributed by atoms with Crippen molar-refractivity contribution in [1.29, 1.82) is 5.26 Å². The van der Waals surface area contributed by atoms with Crippen molar-refractivity contribution in [1.82, 2.24) is 4.98 Å². The fourth-order valence-corrected chi connectivity index (χ4v) is 3.34. The van der Waals surface area contributed by atoms with Gasteiger partial charge in [-0.3, -0.25) is 0 Å². The van der Waals surface area contributed by atoms with Crippen molar-refractivity contribution in [2.24, 2.45) is 0 Å². The van der Waals surface area contributed by atoms with Gasteiger partial charge in [-0.15, -0.1) is 11.3 Å². The quantitative estimate of drug-likeness (QED) is 0.901. The van der Waals surface area contributed by atoms with Crippen LogP contribution in [0, 0.1) is 11.3 Å². The van der Waals surface area contributed by atoms with Crippen LogP contribution in [0.3, 0.4) is 0 Å². The smallest absolute Gasteiger partial charge is 0.330 e. The molecule has 1 aliphatic carbocycles. The number of halogens is 3. The van der Waals surface area contributed by atoms with E-state index >= 15 is 0 Å². The first kappa shape index (κ1) is 13.9. The van der Waals surface area contributed by atoms with Gasteiger partial charge in [-0.25, -0.2) is 4.98 Å². The first-order chi connectivity index (χ1) is 9.97. The molecule has 1 aromatic carbocycles. The van der Waals surface area contributed by atoms with E-state index in [1.807, 2.05) is 0 Å². The Morgan fingerprint density at radius 3 is 2.76 bits per heavy atom. The van der Waals surface area contributed by atoms with Gasteiger partial charge >= 0.3 is 6.18 Å². The number of hydrogen-bond donors (Lipinski definition) is 1. The number of hydrogen-bond acceptors (Lipinski definition) is 4. The van der Waals surface area contributed by atoms with Crippen LogP contribution in [0.5, 0.6) is 0 Å². The Bertz CT molecular complexity index is 707. The van der Waals surface area contributed by atoms with Crippen LogP contribution in [0.4, 0.5) is 24.0 Å². The van der Waals surface area contributed by atoms with Crippen molar-refractivity contribution in [3.8, 4) is 6.07 Å². The summed E-state index contributed by atoms with van der Waals surface area (Å²) in [4.78, 5) is 5.62. The largest absolute Gasteiger partial charge is 0.416 e. The number of thiazole rings is 1. The molecule has 0 fully saturated rings. The van der Waals surface area contributed by atoms with Crippen LogP contribution in [-0.2, 0) is 19.0 Å². The number of anilines is 2. The lowest BCUT2D eigenvalue weighted by Crippen LogP contribution is -2.06. The molecule has 0 bridgehead atoms. The number of benzene rings is 1. The fourth-order valence-electron chi connectivity index (χ4n) is 2.28. The van der Waals surface area contributed by atoms with Crippen molar-refractivity contribution in [3.05, 3.63) is 39.9 Å². The molecule has 108 valence electrons. The molecule has 0 saturated heterocycles. The Labute approximate surface area is 123 Å². The summed E-state index contributed by atoms with van der Waals surface area (Å²) in [6.07, 6.45) is -1.43. The monoisotopic (exact) mass is 309 g/mol. The highest BCUT2D eigenvalue weighted by Gasteiger charge is 2.31. The Hall–Kier alpha value is -2.07. The third-order valence-corrected chi connectivity index (χ3v) is 4.38. The molecule has 7 heteroatoms. The number of aromatic nitrogens is 1. The van der Waals surface area contributed by atoms with Crippen LogP contribution >= 0.6 is 11.3 Å². The minimum atomic E-state index is -4.45. The average Bonchev–Trinajstić information content (AvgIpc) is 2.98. The summed E-state index contributed by atoms with van der Waals surface area (Å²) in [5.41, 5.74) is 0.525. The van der Waals surface area contributed by atoms with E-state index < -0.39 is 11.7 Å². The summed E-state index contributed by atoms with van der Waals surface area (Å²) in [5.74, 6) is 0. The summed E-state index contributed by atoms with van der Waals surface area (Å²) in [5, 5.41) is 12.6. The van der Waals surface area contributed by atoms with E-state index in [0.717, 1.165) is 37.1 Å². The van der Waals surface area contributed by atoms with E-state index in [-0.39, 0.29) is 5.56 Å². The highest BCUT2D eigenvalue weighted by Crippen LogP contribution is 2.35. The lowest BCUT2D eigenvalue weighted by atomic mass is 10.1. The Morgan fingerprint density at radius 1 is 1.29 bits per heavy atom. The van der Waals surface area contributed by atoms with Gasteiger partial charge in [0, 0.05) is 4.88 Å². The zero-order valence-corrected chi connectivity index (χ0v) is 11.6. The van der Waals surface area contributed by atoms with Gasteiger partial charge in [-0.2, -0.15) is 18.4 Å². The molecule has 0 spiro atoms. The molecule has 1 aromatic heterocycles. The Morgan fingerprint density at radius 2 is 2.10 bits per heavy atom. The van der Waals surface area contributed by atoms with Crippen LogP contribution in [0.1, 0.15) is 28.1 Å². The highest BCUT2D eigenvalue weighted by molar-refractivity contribution is 7.15. The molecule has 0 saturated carbocycles. The third kappa shape index (κ3) is 2.72. The SMILES string of the molecule is N#Cc1cc(C(F)(F)F)ccc1Nc1nc2c(s1)CCC2. The van der Waals surface area contributed by atoms with Gasteiger partial charge in [0.05, 0.1) is 22.5 Å². The summed E-state index contributed by atoms with van der Waals surface area (Å²) in [6.45, 7) is 0. The van der Waals surface area contributed by atoms with Crippen LogP contribution in [0.25, 0.3) is 0 Å². The molecule has 0 aliphatic heterocycles. The molecule has 0 unspecified atom stereocenters. The number of nitrogens with zero attached hydrogens (tertiary/aromatic N) is 2. The molecule has 0 radical (unpaired) electrons. The van der Waals surface area contributed by atoms with E-state index in [4.69, 9.17) is 5.26 Å². The molecule has 1 heterocycles. The molecule has 3 nitrogen and oxygen atoms in total. The van der Waals surface area contributed by atoms with Crippen LogP contribution < -0.4 is 5.32 Å². The van der Waals surface area contributed by atoms with Crippen molar-refractivity contribution >= 4 is 22.2 Å². The molecule has 1 aliphatic rings. The highest BCUT2D eigenvalue weighted by atomic mass is 32.1. The minimum absolute atomic E-state index is 0.0415. The molecule has 0 atom stereocenters. The lowest BCUT2D eigenvalue weighted by Gasteiger charge is -2.10. The number of nitriles is 1. The standard InChI is InChI=1S/C14H10F3N3S/c15-14(16,17)9-4-5-10(8(6-9)7-18)19-13-20-11-2-1-3-12(11)21-13/h4-6H,1-3H2,(H,19,20). The second-order valence-corrected chi connectivity index (χ2v) is 5.82. The fraction of sp³-hybridized carbons (Fsp3) is 0.286. The van der Waals surface area contributed by atoms with Gasteiger partial charge in [0.15, 0.2) is 5.13 Å². The van der Waals surface area contributed by atoms with Gasteiger partial charge in [-0.1, -0.05) is 0 Å². The minimum Gasteiger partial charge on any atom is -0.330 e. The molecule has 1 N–H and O–H groups in total. The van der Waals surface area contributed by atoms with Crippen LogP contribution in [0.2, 0.25) is 0 Å². The number of aryl methyl sites for hydroxylation is 2. The predicted molar refractivity (Wildman–Crippen MR) is 73.6 cm³/mol. The number of alkyl halides is 3. The zero-order chi connectivity index (χ0) is 15.0. The van der Waals surface area contributed by atoms with Crippen molar-refractivity contribution in [2.75, 3.05) is 5.32 Å². The van der Waals surface area contributed by atoms with E-state index in [0.29, 0.717) is 10.8 Å². The molecule has 2 aromatic rings.